The third-order valence-electron chi connectivity index (χ3n) is 3.77. The molecule has 1 amide bonds. The summed E-state index contributed by atoms with van der Waals surface area (Å²) in [5, 5.41) is 12.7. The van der Waals surface area contributed by atoms with Gasteiger partial charge in [0.1, 0.15) is 18.1 Å². The lowest BCUT2D eigenvalue weighted by molar-refractivity contribution is 0.102. The van der Waals surface area contributed by atoms with Crippen LogP contribution in [-0.2, 0) is 6.61 Å². The minimum atomic E-state index is -0.283. The number of carbonyl (C=O) groups excluding carboxylic acids is 1. The number of aliphatic hydroxyl groups excluding tert-OH is 1. The van der Waals surface area contributed by atoms with Crippen molar-refractivity contribution >= 4 is 34.8 Å². The van der Waals surface area contributed by atoms with Gasteiger partial charge in [0, 0.05) is 16.8 Å². The fraction of sp³-hybridized carbons (Fsp3) is 0.105. The average Bonchev–Trinajstić information content (AvgIpc) is 3.08. The molecule has 2 aromatic carbocycles. The molecule has 25 heavy (non-hydrogen) atoms. The van der Waals surface area contributed by atoms with Crippen LogP contribution in [0.5, 0.6) is 0 Å². The minimum absolute atomic E-state index is 0.160. The van der Waals surface area contributed by atoms with E-state index in [9.17, 15) is 4.79 Å². The molecule has 0 saturated heterocycles. The van der Waals surface area contributed by atoms with E-state index in [0.29, 0.717) is 32.8 Å². The van der Waals surface area contributed by atoms with Gasteiger partial charge in [0.15, 0.2) is 0 Å². The quantitative estimate of drug-likeness (QED) is 0.649. The zero-order chi connectivity index (χ0) is 18.0. The van der Waals surface area contributed by atoms with Crippen LogP contribution < -0.4 is 5.32 Å². The number of hydrogen-bond donors (Lipinski definition) is 2. The van der Waals surface area contributed by atoms with E-state index >= 15 is 0 Å². The second-order valence-electron chi connectivity index (χ2n) is 5.54. The molecule has 6 heteroatoms. The Balaban J connectivity index is 1.87. The van der Waals surface area contributed by atoms with Crippen molar-refractivity contribution in [1.29, 1.82) is 0 Å². The Morgan fingerprint density at radius 3 is 2.56 bits per heavy atom. The van der Waals surface area contributed by atoms with Gasteiger partial charge in [0.2, 0.25) is 0 Å². The predicted octanol–water partition coefficient (Wildman–Crippen LogP) is 5.31. The molecule has 128 valence electrons. The number of benzene rings is 2. The standard InChI is InChI=1S/C19H15Cl2NO3/c1-11-2-3-12(18-7-5-14(10-23)25-18)9-17(11)22-19(24)13-4-6-15(20)16(21)8-13/h2-9,23H,10H2,1H3,(H,22,24). The van der Waals surface area contributed by atoms with Crippen molar-refractivity contribution in [3.05, 3.63) is 75.5 Å². The lowest BCUT2D eigenvalue weighted by atomic mass is 10.1. The Morgan fingerprint density at radius 2 is 1.88 bits per heavy atom. The van der Waals surface area contributed by atoms with E-state index in [4.69, 9.17) is 32.7 Å². The Labute approximate surface area is 155 Å². The van der Waals surface area contributed by atoms with Crippen LogP contribution in [0.3, 0.4) is 0 Å². The first-order valence-electron chi connectivity index (χ1n) is 7.55. The van der Waals surface area contributed by atoms with Gasteiger partial charge in [-0.25, -0.2) is 0 Å². The number of hydrogen-bond acceptors (Lipinski definition) is 3. The largest absolute Gasteiger partial charge is 0.459 e. The second kappa shape index (κ2) is 7.31. The third-order valence-corrected chi connectivity index (χ3v) is 4.51. The van der Waals surface area contributed by atoms with Gasteiger partial charge in [-0.05, 0) is 48.9 Å². The number of anilines is 1. The highest BCUT2D eigenvalue weighted by molar-refractivity contribution is 6.42. The van der Waals surface area contributed by atoms with Gasteiger partial charge < -0.3 is 14.8 Å². The molecule has 1 aromatic heterocycles. The van der Waals surface area contributed by atoms with Crippen LogP contribution in [0.15, 0.2) is 52.9 Å². The number of aryl methyl sites for hydroxylation is 1. The van der Waals surface area contributed by atoms with E-state index in [2.05, 4.69) is 5.32 Å². The molecule has 0 spiro atoms. The number of amides is 1. The van der Waals surface area contributed by atoms with Crippen molar-refractivity contribution in [2.24, 2.45) is 0 Å². The number of carbonyl (C=O) groups is 1. The lowest BCUT2D eigenvalue weighted by Crippen LogP contribution is -2.12. The Hall–Kier alpha value is -2.27. The molecule has 0 saturated carbocycles. The van der Waals surface area contributed by atoms with Crippen LogP contribution in [0.25, 0.3) is 11.3 Å². The zero-order valence-corrected chi connectivity index (χ0v) is 14.9. The van der Waals surface area contributed by atoms with Gasteiger partial charge in [0.05, 0.1) is 10.0 Å². The molecule has 3 rings (SSSR count). The van der Waals surface area contributed by atoms with E-state index in [1.165, 1.54) is 6.07 Å². The van der Waals surface area contributed by atoms with Crippen molar-refractivity contribution in [2.75, 3.05) is 5.32 Å². The molecule has 3 aromatic rings. The molecule has 0 aliphatic carbocycles. The summed E-state index contributed by atoms with van der Waals surface area (Å²) in [5.41, 5.74) is 2.79. The smallest absolute Gasteiger partial charge is 0.255 e. The van der Waals surface area contributed by atoms with Crippen molar-refractivity contribution < 1.29 is 14.3 Å². The predicted molar refractivity (Wildman–Crippen MR) is 99.2 cm³/mol. The van der Waals surface area contributed by atoms with Crippen LogP contribution in [0.2, 0.25) is 10.0 Å². The lowest BCUT2D eigenvalue weighted by Gasteiger charge is -2.10. The first-order valence-corrected chi connectivity index (χ1v) is 8.30. The maximum atomic E-state index is 12.5. The normalized spacial score (nSPS) is 10.7. The number of rotatable bonds is 4. The fourth-order valence-electron chi connectivity index (χ4n) is 2.36. The van der Waals surface area contributed by atoms with E-state index in [1.807, 2.05) is 25.1 Å². The second-order valence-corrected chi connectivity index (χ2v) is 6.35. The zero-order valence-electron chi connectivity index (χ0n) is 13.3. The van der Waals surface area contributed by atoms with Gasteiger partial charge in [0.25, 0.3) is 5.91 Å². The highest BCUT2D eigenvalue weighted by atomic mass is 35.5. The molecule has 0 atom stereocenters. The van der Waals surface area contributed by atoms with Gasteiger partial charge in [-0.3, -0.25) is 4.79 Å². The summed E-state index contributed by atoms with van der Waals surface area (Å²) in [6, 6.07) is 13.8. The van der Waals surface area contributed by atoms with Gasteiger partial charge >= 0.3 is 0 Å². The summed E-state index contributed by atoms with van der Waals surface area (Å²) in [6.45, 7) is 1.74. The van der Waals surface area contributed by atoms with Crippen molar-refractivity contribution in [3.8, 4) is 11.3 Å². The number of furan rings is 1. The average molecular weight is 376 g/mol. The molecule has 0 aliphatic rings. The molecule has 1 heterocycles. The molecule has 0 aliphatic heterocycles. The van der Waals surface area contributed by atoms with Crippen molar-refractivity contribution in [3.63, 3.8) is 0 Å². The fourth-order valence-corrected chi connectivity index (χ4v) is 2.66. The highest BCUT2D eigenvalue weighted by Gasteiger charge is 2.12. The third kappa shape index (κ3) is 3.87. The first kappa shape index (κ1) is 17.5. The van der Waals surface area contributed by atoms with E-state index in [1.54, 1.807) is 24.3 Å². The molecular formula is C19H15Cl2NO3. The van der Waals surface area contributed by atoms with Gasteiger partial charge in [-0.1, -0.05) is 35.3 Å². The summed E-state index contributed by atoms with van der Waals surface area (Å²) >= 11 is 11.9. The molecular weight excluding hydrogens is 361 g/mol. The number of nitrogens with one attached hydrogen (secondary N) is 1. The topological polar surface area (TPSA) is 62.5 Å². The summed E-state index contributed by atoms with van der Waals surface area (Å²) in [4.78, 5) is 12.5. The van der Waals surface area contributed by atoms with E-state index in [-0.39, 0.29) is 12.5 Å². The first-order chi connectivity index (χ1) is 12.0. The maximum Gasteiger partial charge on any atom is 0.255 e. The number of halogens is 2. The Bertz CT molecular complexity index is 934. The molecule has 0 fully saturated rings. The van der Waals surface area contributed by atoms with Gasteiger partial charge in [-0.2, -0.15) is 0 Å². The van der Waals surface area contributed by atoms with Crippen LogP contribution in [-0.4, -0.2) is 11.0 Å². The molecule has 0 unspecified atom stereocenters. The van der Waals surface area contributed by atoms with Crippen LogP contribution >= 0.6 is 23.2 Å². The summed E-state index contributed by atoms with van der Waals surface area (Å²) in [5.74, 6) is 0.820. The highest BCUT2D eigenvalue weighted by Crippen LogP contribution is 2.28. The van der Waals surface area contributed by atoms with Crippen LogP contribution in [0.4, 0.5) is 5.69 Å². The molecule has 0 radical (unpaired) electrons. The van der Waals surface area contributed by atoms with Gasteiger partial charge in [-0.15, -0.1) is 0 Å². The summed E-state index contributed by atoms with van der Waals surface area (Å²) in [7, 11) is 0. The molecule has 4 nitrogen and oxygen atoms in total. The van der Waals surface area contributed by atoms with Crippen molar-refractivity contribution in [2.45, 2.75) is 13.5 Å². The van der Waals surface area contributed by atoms with Crippen molar-refractivity contribution in [1.82, 2.24) is 0 Å². The number of aliphatic hydroxyl groups is 1. The van der Waals surface area contributed by atoms with Crippen LogP contribution in [0, 0.1) is 6.92 Å². The van der Waals surface area contributed by atoms with E-state index < -0.39 is 0 Å². The maximum absolute atomic E-state index is 12.5. The summed E-state index contributed by atoms with van der Waals surface area (Å²) in [6.07, 6.45) is 0. The SMILES string of the molecule is Cc1ccc(-c2ccc(CO)o2)cc1NC(=O)c1ccc(Cl)c(Cl)c1. The molecule has 2 N–H and O–H groups in total. The monoisotopic (exact) mass is 375 g/mol. The summed E-state index contributed by atoms with van der Waals surface area (Å²) < 4.78 is 5.54. The Kier molecular flexibility index (Phi) is 5.13. The molecule has 0 bridgehead atoms. The van der Waals surface area contributed by atoms with Crippen LogP contribution in [0.1, 0.15) is 21.7 Å². The van der Waals surface area contributed by atoms with E-state index in [0.717, 1.165) is 11.1 Å². The Morgan fingerprint density at radius 1 is 1.08 bits per heavy atom. The minimum Gasteiger partial charge on any atom is -0.459 e.